The molecular weight excluding hydrogens is 690 g/mol. The van der Waals surface area contributed by atoms with Crippen molar-refractivity contribution in [1.29, 1.82) is 0 Å². The van der Waals surface area contributed by atoms with E-state index in [0.29, 0.717) is 0 Å². The van der Waals surface area contributed by atoms with Gasteiger partial charge in [-0.15, -0.1) is 0 Å². The summed E-state index contributed by atoms with van der Waals surface area (Å²) in [6, 6.07) is 23.4. The summed E-state index contributed by atoms with van der Waals surface area (Å²) in [5.74, 6) is -1.37. The van der Waals surface area contributed by atoms with Gasteiger partial charge < -0.3 is 0 Å². The topological polar surface area (TPSA) is 0 Å². The molecule has 0 saturated carbocycles. The maximum absolute atomic E-state index is 13.3. The Labute approximate surface area is 268 Å². The predicted molar refractivity (Wildman–Crippen MR) is 177 cm³/mol. The van der Waals surface area contributed by atoms with Crippen LogP contribution in [0.4, 0.5) is 26.3 Å². The standard InChI is InChI=1S/2C17H12F3.C2H7Si.2CH3.Zr/c2*1-11-9-13-3-2-4-15(16(13)10-11)12-5-7-14(8-6-12)17(18,19)20;1-3-2;;;/h2*2-10H,1H3;3H,1-2H3;2*1H3;. The van der Waals surface area contributed by atoms with Gasteiger partial charge in [-0.1, -0.05) is 0 Å². The Morgan fingerprint density at radius 2 is 0.891 bits per heavy atom. The Morgan fingerprint density at radius 1 is 0.543 bits per heavy atom. The third-order valence-electron chi connectivity index (χ3n) is 11.2. The number of fused-ring (bicyclic) bond motifs is 2. The van der Waals surface area contributed by atoms with E-state index in [2.05, 4.69) is 60.5 Å². The average molecular weight is 727 g/mol. The molecule has 6 rings (SSSR count). The molecule has 4 aromatic rings. The van der Waals surface area contributed by atoms with Crippen LogP contribution in [0.1, 0.15) is 54.5 Å². The second-order valence-corrected chi connectivity index (χ2v) is 52.2. The van der Waals surface area contributed by atoms with Gasteiger partial charge in [0.1, 0.15) is 0 Å². The second kappa shape index (κ2) is 11.1. The minimum absolute atomic E-state index is 0.256. The van der Waals surface area contributed by atoms with Crippen LogP contribution in [0.15, 0.2) is 96.1 Å². The maximum atomic E-state index is 13.3. The fourth-order valence-corrected chi connectivity index (χ4v) is 39.3. The summed E-state index contributed by atoms with van der Waals surface area (Å²) < 4.78 is 85.6. The molecule has 0 nitrogen and oxygen atoms in total. The Morgan fingerprint density at radius 3 is 1.20 bits per heavy atom. The molecule has 0 spiro atoms. The van der Waals surface area contributed by atoms with Gasteiger partial charge in [0.05, 0.1) is 0 Å². The molecule has 0 aliphatic heterocycles. The van der Waals surface area contributed by atoms with E-state index in [1.165, 1.54) is 22.3 Å². The van der Waals surface area contributed by atoms with Crippen LogP contribution < -0.4 is 0 Å². The molecule has 46 heavy (non-hydrogen) atoms. The van der Waals surface area contributed by atoms with Crippen molar-refractivity contribution in [2.75, 3.05) is 0 Å². The zero-order valence-electron chi connectivity index (χ0n) is 26.7. The Kier molecular flexibility index (Phi) is 7.92. The van der Waals surface area contributed by atoms with E-state index in [1.54, 1.807) is 24.3 Å². The van der Waals surface area contributed by atoms with E-state index in [-0.39, 0.29) is 7.25 Å². The summed E-state index contributed by atoms with van der Waals surface area (Å²) in [6.07, 6.45) is -4.25. The van der Waals surface area contributed by atoms with Gasteiger partial charge in [0.15, 0.2) is 0 Å². The van der Waals surface area contributed by atoms with E-state index < -0.39 is 47.3 Å². The number of rotatable bonds is 5. The molecule has 8 heteroatoms. The molecule has 0 amide bonds. The predicted octanol–water partition coefficient (Wildman–Crippen LogP) is 12.4. The molecule has 0 saturated heterocycles. The first kappa shape index (κ1) is 33.0. The van der Waals surface area contributed by atoms with Gasteiger partial charge in [0.25, 0.3) is 0 Å². The summed E-state index contributed by atoms with van der Waals surface area (Å²) in [7, 11) is 0. The summed E-state index contributed by atoms with van der Waals surface area (Å²) in [5.41, 5.74) is 9.46. The van der Waals surface area contributed by atoms with Crippen molar-refractivity contribution in [3.63, 3.8) is 0 Å². The van der Waals surface area contributed by atoms with Gasteiger partial charge in [-0.05, 0) is 0 Å². The van der Waals surface area contributed by atoms with Crippen molar-refractivity contribution in [3.05, 3.63) is 129 Å². The van der Waals surface area contributed by atoms with Crippen LogP contribution in [-0.4, -0.2) is 5.92 Å². The molecule has 4 aromatic carbocycles. The van der Waals surface area contributed by atoms with Crippen LogP contribution in [0, 0.1) is 0 Å². The molecule has 0 N–H and O–H groups in total. The summed E-state index contributed by atoms with van der Waals surface area (Å²) in [4.78, 5) is 0. The van der Waals surface area contributed by atoms with Crippen molar-refractivity contribution in [3.8, 4) is 22.3 Å². The monoisotopic (exact) mass is 725 g/mol. The molecule has 0 aromatic heterocycles. The molecule has 0 bridgehead atoms. The fourth-order valence-electron chi connectivity index (χ4n) is 8.54. The summed E-state index contributed by atoms with van der Waals surface area (Å²) in [5, 5.41) is 0. The Hall–Kier alpha value is -2.96. The van der Waals surface area contributed by atoms with Crippen LogP contribution in [0.25, 0.3) is 34.4 Å². The normalized spacial score (nSPS) is 18.9. The second-order valence-electron chi connectivity index (χ2n) is 14.3. The first-order chi connectivity index (χ1) is 21.4. The first-order valence-electron chi connectivity index (χ1n) is 15.6. The van der Waals surface area contributed by atoms with Gasteiger partial charge in [-0.25, -0.2) is 0 Å². The van der Waals surface area contributed by atoms with Crippen LogP contribution in [0.5, 0.6) is 0 Å². The number of alkyl halides is 6. The third-order valence-corrected chi connectivity index (χ3v) is 58.4. The molecular formula is C38H37F6SiZr. The van der Waals surface area contributed by atoms with Gasteiger partial charge in [-0.3, -0.25) is 0 Å². The number of halogens is 6. The van der Waals surface area contributed by atoms with Crippen molar-refractivity contribution >= 4 is 18.1 Å². The van der Waals surface area contributed by atoms with E-state index in [1.807, 2.05) is 24.3 Å². The van der Waals surface area contributed by atoms with Gasteiger partial charge >= 0.3 is 270 Å². The van der Waals surface area contributed by atoms with Crippen LogP contribution in [0.3, 0.4) is 0 Å². The van der Waals surface area contributed by atoms with E-state index in [9.17, 15) is 26.3 Å². The average Bonchev–Trinajstić information content (AvgIpc) is 3.52. The zero-order valence-corrected chi connectivity index (χ0v) is 30.4. The summed E-state index contributed by atoms with van der Waals surface area (Å²) >= 11 is -3.96. The molecule has 0 fully saturated rings. The number of hydrogen-bond donors (Lipinski definition) is 0. The Bertz CT molecular complexity index is 1760. The molecule has 0 heterocycles. The van der Waals surface area contributed by atoms with Gasteiger partial charge in [0.2, 0.25) is 0 Å². The third kappa shape index (κ3) is 5.15. The molecule has 0 radical (unpaired) electrons. The zero-order chi connectivity index (χ0) is 33.4. The first-order valence-corrected chi connectivity index (χ1v) is 30.5. The molecule has 2 unspecified atom stereocenters. The molecule has 2 atom stereocenters. The Balaban J connectivity index is 1.47. The van der Waals surface area contributed by atoms with Crippen molar-refractivity contribution in [2.45, 2.75) is 55.8 Å². The number of hydrogen-bond acceptors (Lipinski definition) is 0. The van der Waals surface area contributed by atoms with E-state index in [4.69, 9.17) is 0 Å². The molecule has 239 valence electrons. The van der Waals surface area contributed by atoms with E-state index >= 15 is 0 Å². The quantitative estimate of drug-likeness (QED) is 0.142. The van der Waals surface area contributed by atoms with Gasteiger partial charge in [-0.2, -0.15) is 0 Å². The summed E-state index contributed by atoms with van der Waals surface area (Å²) in [6.45, 7) is 9.38. The van der Waals surface area contributed by atoms with Crippen molar-refractivity contribution in [2.24, 2.45) is 0 Å². The molecule has 2 aliphatic rings. The van der Waals surface area contributed by atoms with Crippen molar-refractivity contribution < 1.29 is 44.3 Å². The number of benzene rings is 4. The SMILES string of the molecule is CC1=Cc2c(-c3ccc(C(F)(F)F)cc3)cccc2[CH]1[Zr]([CH3])([CH3])([CH]1C(C)=Cc2c(-c3ccc(C(F)(F)F)cc3)cccc21)[SiH](C)C. The van der Waals surface area contributed by atoms with Crippen LogP contribution >= 0.6 is 0 Å². The minimum atomic E-state index is -4.39. The number of allylic oxidation sites excluding steroid dienone is 2. The van der Waals surface area contributed by atoms with Gasteiger partial charge in [0, 0.05) is 0 Å². The molecule has 2 aliphatic carbocycles. The van der Waals surface area contributed by atoms with E-state index in [0.717, 1.165) is 57.6 Å². The van der Waals surface area contributed by atoms with Crippen molar-refractivity contribution in [1.82, 2.24) is 0 Å². The van der Waals surface area contributed by atoms with Crippen LogP contribution in [0.2, 0.25) is 22.4 Å². The fraction of sp³-hybridized carbons (Fsp3) is 0.263. The van der Waals surface area contributed by atoms with Crippen LogP contribution in [-0.2, 0) is 30.3 Å².